The maximum atomic E-state index is 12.1. The monoisotopic (exact) mass is 225 g/mol. The summed E-state index contributed by atoms with van der Waals surface area (Å²) in [5, 5.41) is 8.94. The Morgan fingerprint density at radius 1 is 1.44 bits per heavy atom. The van der Waals surface area contributed by atoms with E-state index in [1.165, 1.54) is 0 Å². The van der Waals surface area contributed by atoms with Crippen molar-refractivity contribution in [1.29, 1.82) is 0 Å². The Hall–Kier alpha value is -1.10. The van der Waals surface area contributed by atoms with Crippen LogP contribution in [0.4, 0.5) is 0 Å². The third kappa shape index (κ3) is 2.35. The van der Waals surface area contributed by atoms with Crippen LogP contribution in [0, 0.1) is 5.41 Å². The topological polar surface area (TPSA) is 70.2 Å². The van der Waals surface area contributed by atoms with E-state index in [2.05, 4.69) is 16.0 Å². The Morgan fingerprint density at radius 2 is 2.12 bits per heavy atom. The summed E-state index contributed by atoms with van der Waals surface area (Å²) in [6.07, 6.45) is 2.15. The highest BCUT2D eigenvalue weighted by molar-refractivity contribution is 5.85. The lowest BCUT2D eigenvalue weighted by molar-refractivity contribution is -0.132. The molecule has 2 aliphatic heterocycles. The summed E-state index contributed by atoms with van der Waals surface area (Å²) in [4.78, 5) is 23.1. The van der Waals surface area contributed by atoms with Crippen molar-refractivity contribution in [2.24, 2.45) is 5.41 Å². The molecule has 1 atom stereocenters. The van der Waals surface area contributed by atoms with E-state index in [-0.39, 0.29) is 23.3 Å². The third-order valence-corrected chi connectivity index (χ3v) is 3.57. The van der Waals surface area contributed by atoms with Gasteiger partial charge in [-0.05, 0) is 25.9 Å². The molecule has 0 aliphatic carbocycles. The van der Waals surface area contributed by atoms with Crippen molar-refractivity contribution in [2.45, 2.75) is 32.2 Å². The summed E-state index contributed by atoms with van der Waals surface area (Å²) >= 11 is 0. The van der Waals surface area contributed by atoms with Crippen molar-refractivity contribution in [3.8, 4) is 0 Å². The fourth-order valence-corrected chi connectivity index (χ4v) is 2.27. The molecule has 0 aromatic heterocycles. The smallest absolute Gasteiger partial charge is 0.226 e. The quantitative estimate of drug-likeness (QED) is 0.586. The molecule has 2 saturated heterocycles. The largest absolute Gasteiger partial charge is 0.354 e. The predicted molar refractivity (Wildman–Crippen MR) is 59.8 cm³/mol. The van der Waals surface area contributed by atoms with E-state index >= 15 is 0 Å². The summed E-state index contributed by atoms with van der Waals surface area (Å²) in [6, 6.07) is -0.0216. The second kappa shape index (κ2) is 4.41. The first-order valence-electron chi connectivity index (χ1n) is 5.88. The van der Waals surface area contributed by atoms with E-state index in [4.69, 9.17) is 0 Å². The molecular weight excluding hydrogens is 206 g/mol. The summed E-state index contributed by atoms with van der Waals surface area (Å²) in [5.74, 6) is 0.122. The van der Waals surface area contributed by atoms with Gasteiger partial charge in [0, 0.05) is 18.4 Å². The Bertz CT molecular complexity index is 298. The maximum Gasteiger partial charge on any atom is 0.226 e. The molecule has 2 fully saturated rings. The van der Waals surface area contributed by atoms with Gasteiger partial charge in [-0.2, -0.15) is 0 Å². The number of carbonyl (C=O) groups is 2. The lowest BCUT2D eigenvalue weighted by Gasteiger charge is -2.33. The van der Waals surface area contributed by atoms with Gasteiger partial charge in [-0.3, -0.25) is 9.59 Å². The number of rotatable bonds is 2. The predicted octanol–water partition coefficient (Wildman–Crippen LogP) is -0.619. The third-order valence-electron chi connectivity index (χ3n) is 3.57. The second-order valence-corrected chi connectivity index (χ2v) is 4.99. The normalized spacial score (nSPS) is 28.6. The van der Waals surface area contributed by atoms with Gasteiger partial charge in [0.2, 0.25) is 11.8 Å². The number of piperidine rings is 1. The number of amides is 2. The van der Waals surface area contributed by atoms with Crippen LogP contribution in [0.3, 0.4) is 0 Å². The van der Waals surface area contributed by atoms with Gasteiger partial charge in [0.25, 0.3) is 0 Å². The van der Waals surface area contributed by atoms with Crippen molar-refractivity contribution in [2.75, 3.05) is 19.6 Å². The first-order chi connectivity index (χ1) is 7.60. The van der Waals surface area contributed by atoms with Gasteiger partial charge in [0.15, 0.2) is 0 Å². The molecule has 2 heterocycles. The minimum atomic E-state index is -0.267. The van der Waals surface area contributed by atoms with Crippen molar-refractivity contribution in [3.05, 3.63) is 0 Å². The summed E-state index contributed by atoms with van der Waals surface area (Å²) < 4.78 is 0. The average Bonchev–Trinajstić information content (AvgIpc) is 2.65. The molecule has 2 rings (SSSR count). The Kier molecular flexibility index (Phi) is 3.14. The van der Waals surface area contributed by atoms with E-state index in [0.717, 1.165) is 25.9 Å². The SMILES string of the molecule is CC1(C(=O)NC2CNC(=O)C2)CCNCC1. The molecular formula is C11H19N3O2. The van der Waals surface area contributed by atoms with Crippen molar-refractivity contribution < 1.29 is 9.59 Å². The van der Waals surface area contributed by atoms with E-state index in [0.29, 0.717) is 13.0 Å². The van der Waals surface area contributed by atoms with Crippen LogP contribution in [0.5, 0.6) is 0 Å². The van der Waals surface area contributed by atoms with Gasteiger partial charge in [0.05, 0.1) is 6.04 Å². The van der Waals surface area contributed by atoms with E-state index in [1.807, 2.05) is 6.92 Å². The van der Waals surface area contributed by atoms with E-state index < -0.39 is 0 Å². The van der Waals surface area contributed by atoms with Crippen LogP contribution >= 0.6 is 0 Å². The van der Waals surface area contributed by atoms with Gasteiger partial charge in [-0.25, -0.2) is 0 Å². The standard InChI is InChI=1S/C11H19N3O2/c1-11(2-4-12-5-3-11)10(16)14-8-6-9(15)13-7-8/h8,12H,2-7H2,1H3,(H,13,15)(H,14,16). The summed E-state index contributed by atoms with van der Waals surface area (Å²) in [5.41, 5.74) is -0.267. The van der Waals surface area contributed by atoms with Crippen LogP contribution in [-0.2, 0) is 9.59 Å². The van der Waals surface area contributed by atoms with Crippen LogP contribution in [-0.4, -0.2) is 37.5 Å². The van der Waals surface area contributed by atoms with Crippen LogP contribution < -0.4 is 16.0 Å². The molecule has 0 radical (unpaired) electrons. The Labute approximate surface area is 95.3 Å². The van der Waals surface area contributed by atoms with Gasteiger partial charge >= 0.3 is 0 Å². The molecule has 90 valence electrons. The highest BCUT2D eigenvalue weighted by Gasteiger charge is 2.36. The van der Waals surface area contributed by atoms with E-state index in [1.54, 1.807) is 0 Å². The second-order valence-electron chi connectivity index (χ2n) is 4.99. The van der Waals surface area contributed by atoms with Gasteiger partial charge < -0.3 is 16.0 Å². The molecule has 5 heteroatoms. The molecule has 0 bridgehead atoms. The molecule has 0 saturated carbocycles. The van der Waals surface area contributed by atoms with Crippen molar-refractivity contribution >= 4 is 11.8 Å². The fourth-order valence-electron chi connectivity index (χ4n) is 2.27. The molecule has 5 nitrogen and oxygen atoms in total. The minimum Gasteiger partial charge on any atom is -0.354 e. The van der Waals surface area contributed by atoms with Crippen LogP contribution in [0.15, 0.2) is 0 Å². The lowest BCUT2D eigenvalue weighted by Crippen LogP contribution is -2.49. The first kappa shape index (κ1) is 11.4. The van der Waals surface area contributed by atoms with Crippen molar-refractivity contribution in [3.63, 3.8) is 0 Å². The van der Waals surface area contributed by atoms with Gasteiger partial charge in [-0.1, -0.05) is 6.92 Å². The zero-order valence-electron chi connectivity index (χ0n) is 9.64. The molecule has 3 N–H and O–H groups in total. The molecule has 2 aliphatic rings. The lowest BCUT2D eigenvalue weighted by atomic mass is 9.80. The highest BCUT2D eigenvalue weighted by Crippen LogP contribution is 2.28. The zero-order valence-corrected chi connectivity index (χ0v) is 9.64. The number of nitrogens with one attached hydrogen (secondary N) is 3. The minimum absolute atomic E-state index is 0.0216. The maximum absolute atomic E-state index is 12.1. The van der Waals surface area contributed by atoms with E-state index in [9.17, 15) is 9.59 Å². The van der Waals surface area contributed by atoms with Gasteiger partial charge in [-0.15, -0.1) is 0 Å². The zero-order chi connectivity index (χ0) is 11.6. The van der Waals surface area contributed by atoms with Gasteiger partial charge in [0.1, 0.15) is 0 Å². The Morgan fingerprint density at radius 3 is 2.69 bits per heavy atom. The molecule has 16 heavy (non-hydrogen) atoms. The number of hydrogen-bond donors (Lipinski definition) is 3. The van der Waals surface area contributed by atoms with Crippen LogP contribution in [0.1, 0.15) is 26.2 Å². The summed E-state index contributed by atoms with van der Waals surface area (Å²) in [7, 11) is 0. The van der Waals surface area contributed by atoms with Crippen molar-refractivity contribution in [1.82, 2.24) is 16.0 Å². The molecule has 1 unspecified atom stereocenters. The van der Waals surface area contributed by atoms with Crippen LogP contribution in [0.25, 0.3) is 0 Å². The fraction of sp³-hybridized carbons (Fsp3) is 0.818. The number of carbonyl (C=O) groups excluding carboxylic acids is 2. The Balaban J connectivity index is 1.89. The molecule has 2 amide bonds. The number of hydrogen-bond acceptors (Lipinski definition) is 3. The molecule has 0 aromatic carbocycles. The van der Waals surface area contributed by atoms with Crippen LogP contribution in [0.2, 0.25) is 0 Å². The molecule has 0 aromatic rings. The first-order valence-corrected chi connectivity index (χ1v) is 5.88. The highest BCUT2D eigenvalue weighted by atomic mass is 16.2. The molecule has 0 spiro atoms. The summed E-state index contributed by atoms with van der Waals surface area (Å²) in [6.45, 7) is 4.36. The average molecular weight is 225 g/mol.